The van der Waals surface area contributed by atoms with Gasteiger partial charge in [-0.2, -0.15) is 6.07 Å². The van der Waals surface area contributed by atoms with Crippen molar-refractivity contribution in [1.82, 2.24) is 5.01 Å². The third-order valence-electron chi connectivity index (χ3n) is 1.74. The Hall–Kier alpha value is -1.07. The zero-order valence-electron chi connectivity index (χ0n) is 8.74. The van der Waals surface area contributed by atoms with Gasteiger partial charge in [0.25, 0.3) is 0 Å². The van der Waals surface area contributed by atoms with Crippen molar-refractivity contribution >= 4 is 5.69 Å². The molecule has 0 bridgehead atoms. The summed E-state index contributed by atoms with van der Waals surface area (Å²) in [5.74, 6) is -1.35. The number of anilines is 1. The van der Waals surface area contributed by atoms with Gasteiger partial charge < -0.3 is 7.43 Å². The number of hydrogen-bond acceptors (Lipinski definition) is 4. The molecular formula is C9H10F2IrN4-2. The molecule has 1 radical (unpaired) electrons. The van der Waals surface area contributed by atoms with Crippen LogP contribution in [0.5, 0.6) is 0 Å². The third kappa shape index (κ3) is 2.96. The van der Waals surface area contributed by atoms with Crippen LogP contribution in [0.3, 0.4) is 0 Å². The van der Waals surface area contributed by atoms with Crippen LogP contribution in [0.15, 0.2) is 22.6 Å². The number of nitrogens with zero attached hydrogens (tertiary/aromatic N) is 4. The quantitative estimate of drug-likeness (QED) is 0.672. The molecule has 2 rings (SSSR count). The zero-order valence-corrected chi connectivity index (χ0v) is 11.1. The average Bonchev–Trinajstić information content (AvgIpc) is 2.51. The van der Waals surface area contributed by atoms with Gasteiger partial charge >= 0.3 is 0 Å². The molecule has 0 aromatic heterocycles. The minimum atomic E-state index is -0.695. The molecular weight excluding hydrogens is 394 g/mol. The number of rotatable bonds is 1. The summed E-state index contributed by atoms with van der Waals surface area (Å²) in [5.41, 5.74) is 0.0968. The largest absolute Gasteiger partial charge is 0.358 e. The topological polar surface area (TPSA) is 31.2 Å². The van der Waals surface area contributed by atoms with Crippen molar-refractivity contribution in [2.24, 2.45) is 10.4 Å². The normalized spacial score (nSPS) is 13.4. The maximum Gasteiger partial charge on any atom is 0.129 e. The monoisotopic (exact) mass is 405 g/mol. The first-order chi connectivity index (χ1) is 6.66. The average molecular weight is 404 g/mol. The molecule has 1 heterocycles. The van der Waals surface area contributed by atoms with Crippen LogP contribution in [0.1, 0.15) is 0 Å². The fourth-order valence-corrected chi connectivity index (χ4v) is 1.12. The van der Waals surface area contributed by atoms with E-state index in [1.165, 1.54) is 10.0 Å². The fraction of sp³-hybridized carbons (Fsp3) is 0.222. The van der Waals surface area contributed by atoms with Crippen molar-refractivity contribution in [3.63, 3.8) is 0 Å². The molecule has 0 saturated heterocycles. The van der Waals surface area contributed by atoms with E-state index in [1.807, 2.05) is 0 Å². The van der Waals surface area contributed by atoms with Gasteiger partial charge in [-0.25, -0.2) is 5.01 Å². The summed E-state index contributed by atoms with van der Waals surface area (Å²) < 4.78 is 25.8. The molecule has 0 aliphatic carbocycles. The van der Waals surface area contributed by atoms with Crippen LogP contribution in [-0.4, -0.2) is 18.7 Å². The summed E-state index contributed by atoms with van der Waals surface area (Å²) in [6.07, 6.45) is 0. The molecule has 1 aliphatic heterocycles. The fourth-order valence-electron chi connectivity index (χ4n) is 1.12. The van der Waals surface area contributed by atoms with E-state index in [9.17, 15) is 8.78 Å². The zero-order chi connectivity index (χ0) is 10.1. The van der Waals surface area contributed by atoms with E-state index in [-0.39, 0.29) is 33.2 Å². The first-order valence-corrected chi connectivity index (χ1v) is 3.94. The molecule has 16 heavy (non-hydrogen) atoms. The predicted molar refractivity (Wildman–Crippen MR) is 51.6 cm³/mol. The Labute approximate surface area is 106 Å². The first kappa shape index (κ1) is 14.9. The van der Waals surface area contributed by atoms with Crippen molar-refractivity contribution < 1.29 is 28.9 Å². The molecule has 1 aliphatic rings. The molecule has 0 saturated carbocycles. The maximum absolute atomic E-state index is 13.2. The van der Waals surface area contributed by atoms with Crippen LogP contribution in [0, 0.1) is 25.1 Å². The molecule has 7 heteroatoms. The van der Waals surface area contributed by atoms with Gasteiger partial charge in [-0.05, 0) is 10.9 Å². The molecule has 0 unspecified atom stereocenters. The molecule has 0 atom stereocenters. The minimum Gasteiger partial charge on any atom is -0.358 e. The van der Waals surface area contributed by atoms with Crippen molar-refractivity contribution in [3.05, 3.63) is 37.3 Å². The van der Waals surface area contributed by atoms with Crippen LogP contribution in [0.2, 0.25) is 0 Å². The van der Waals surface area contributed by atoms with Gasteiger partial charge in [-0.3, -0.25) is 13.8 Å². The Bertz CT molecular complexity index is 386. The Balaban J connectivity index is 0.00000112. The first-order valence-electron chi connectivity index (χ1n) is 3.94. The summed E-state index contributed by atoms with van der Waals surface area (Å²) in [7, 11) is 1.70. The SMILES string of the molecule is CN1CN(c2[c-]cc(F)cc2F)N=N1.[CH3-].[Ir]. The predicted octanol–water partition coefficient (Wildman–Crippen LogP) is 2.20. The Morgan fingerprint density at radius 2 is 2.06 bits per heavy atom. The number of benzene rings is 1. The van der Waals surface area contributed by atoms with Gasteiger partial charge in [0.2, 0.25) is 0 Å². The van der Waals surface area contributed by atoms with Gasteiger partial charge in [0.1, 0.15) is 6.67 Å². The Kier molecular flexibility index (Phi) is 5.47. The van der Waals surface area contributed by atoms with Gasteiger partial charge in [0, 0.05) is 38.8 Å². The second-order valence-electron chi connectivity index (χ2n) is 2.89. The molecule has 0 N–H and O–H groups in total. The van der Waals surface area contributed by atoms with Gasteiger partial charge in [0.15, 0.2) is 0 Å². The van der Waals surface area contributed by atoms with E-state index in [0.717, 1.165) is 12.1 Å². The summed E-state index contributed by atoms with van der Waals surface area (Å²) >= 11 is 0. The number of hydrogen-bond donors (Lipinski definition) is 0. The maximum atomic E-state index is 13.2. The summed E-state index contributed by atoms with van der Waals surface area (Å²) in [4.78, 5) is 0. The van der Waals surface area contributed by atoms with Crippen molar-refractivity contribution in [1.29, 1.82) is 0 Å². The van der Waals surface area contributed by atoms with Crippen LogP contribution in [0.25, 0.3) is 0 Å². The summed E-state index contributed by atoms with van der Waals surface area (Å²) in [6.45, 7) is 0.332. The van der Waals surface area contributed by atoms with E-state index in [0.29, 0.717) is 6.67 Å². The van der Waals surface area contributed by atoms with Crippen LogP contribution in [0.4, 0.5) is 14.5 Å². The number of halogens is 2. The summed E-state index contributed by atoms with van der Waals surface area (Å²) in [5, 5.41) is 10.2. The van der Waals surface area contributed by atoms with Crippen LogP contribution >= 0.6 is 0 Å². The molecule has 0 amide bonds. The molecule has 0 spiro atoms. The van der Waals surface area contributed by atoms with Crippen molar-refractivity contribution in [3.8, 4) is 0 Å². The summed E-state index contributed by atoms with van der Waals surface area (Å²) in [6, 6.07) is 4.32. The molecule has 4 nitrogen and oxygen atoms in total. The van der Waals surface area contributed by atoms with E-state index in [4.69, 9.17) is 0 Å². The van der Waals surface area contributed by atoms with Gasteiger partial charge in [-0.1, -0.05) is 5.22 Å². The van der Waals surface area contributed by atoms with E-state index in [2.05, 4.69) is 16.5 Å². The molecule has 0 fully saturated rings. The minimum absolute atomic E-state index is 0. The molecule has 1 aromatic carbocycles. The smallest absolute Gasteiger partial charge is 0.129 e. The van der Waals surface area contributed by atoms with Gasteiger partial charge in [0.05, 0.1) is 0 Å². The second-order valence-corrected chi connectivity index (χ2v) is 2.89. The van der Waals surface area contributed by atoms with E-state index < -0.39 is 11.6 Å². The standard InChI is InChI=1S/C8H7F2N4.CH3.Ir/c1-13-5-14(12-11-13)8-3-2-6(9)4-7(8)10;;/h2,4H,5H2,1H3;1H3;/q2*-1;. The Morgan fingerprint density at radius 1 is 1.38 bits per heavy atom. The Morgan fingerprint density at radius 3 is 2.56 bits per heavy atom. The van der Waals surface area contributed by atoms with Crippen molar-refractivity contribution in [2.75, 3.05) is 18.7 Å². The van der Waals surface area contributed by atoms with Gasteiger partial charge in [-0.15, -0.1) is 12.1 Å². The van der Waals surface area contributed by atoms with Crippen LogP contribution in [-0.2, 0) is 20.1 Å². The molecule has 91 valence electrons. The third-order valence-corrected chi connectivity index (χ3v) is 1.74. The van der Waals surface area contributed by atoms with Crippen molar-refractivity contribution in [2.45, 2.75) is 0 Å². The van der Waals surface area contributed by atoms with E-state index in [1.54, 1.807) is 7.05 Å². The second kappa shape index (κ2) is 5.86. The molecule has 1 aromatic rings. The van der Waals surface area contributed by atoms with E-state index >= 15 is 0 Å². The van der Waals surface area contributed by atoms with Crippen LogP contribution < -0.4 is 5.01 Å².